The average Bonchev–Trinajstić information content (AvgIpc) is 3.03. The lowest BCUT2D eigenvalue weighted by Gasteiger charge is -2.15. The summed E-state index contributed by atoms with van der Waals surface area (Å²) in [5.41, 5.74) is 3.83. The summed E-state index contributed by atoms with van der Waals surface area (Å²) in [7, 11) is 1.58. The molecule has 5 nitrogen and oxygen atoms in total. The third-order valence-electron chi connectivity index (χ3n) is 5.40. The summed E-state index contributed by atoms with van der Waals surface area (Å²) in [4.78, 5) is 27.8. The SMILES string of the molecule is COc1ccc(NC2=C(c3ccc(C)cc3)C(=O)N(CCc3ccc(F)cc3)C2=O)cc1. The van der Waals surface area contributed by atoms with Crippen LogP contribution in [-0.4, -0.2) is 30.4 Å². The molecule has 0 saturated heterocycles. The van der Waals surface area contributed by atoms with Gasteiger partial charge in [0.2, 0.25) is 0 Å². The van der Waals surface area contributed by atoms with Crippen LogP contribution in [0, 0.1) is 12.7 Å². The minimum atomic E-state index is -0.386. The number of ether oxygens (including phenoxy) is 1. The van der Waals surface area contributed by atoms with Gasteiger partial charge in [-0.2, -0.15) is 0 Å². The first-order valence-corrected chi connectivity index (χ1v) is 10.3. The zero-order valence-corrected chi connectivity index (χ0v) is 17.9. The third kappa shape index (κ3) is 4.39. The number of hydrogen-bond donors (Lipinski definition) is 1. The molecule has 3 aromatic rings. The van der Waals surface area contributed by atoms with Crippen molar-refractivity contribution in [3.8, 4) is 5.75 Å². The summed E-state index contributed by atoms with van der Waals surface area (Å²) in [5.74, 6) is -0.366. The number of nitrogens with one attached hydrogen (secondary N) is 1. The summed E-state index contributed by atoms with van der Waals surface area (Å²) in [6.07, 6.45) is 0.439. The molecule has 6 heteroatoms. The van der Waals surface area contributed by atoms with Crippen LogP contribution in [0.25, 0.3) is 5.57 Å². The van der Waals surface area contributed by atoms with E-state index in [4.69, 9.17) is 4.74 Å². The first-order chi connectivity index (χ1) is 15.5. The maximum atomic E-state index is 13.3. The molecule has 0 fully saturated rings. The van der Waals surface area contributed by atoms with Gasteiger partial charge in [-0.1, -0.05) is 42.0 Å². The number of amides is 2. The van der Waals surface area contributed by atoms with E-state index >= 15 is 0 Å². The lowest BCUT2D eigenvalue weighted by molar-refractivity contribution is -0.136. The predicted octanol–water partition coefficient (Wildman–Crippen LogP) is 4.58. The Hall–Kier alpha value is -3.93. The molecule has 0 atom stereocenters. The third-order valence-corrected chi connectivity index (χ3v) is 5.40. The number of rotatable bonds is 7. The second-order valence-electron chi connectivity index (χ2n) is 7.61. The lowest BCUT2D eigenvalue weighted by Crippen LogP contribution is -2.34. The van der Waals surface area contributed by atoms with Gasteiger partial charge in [0.1, 0.15) is 17.3 Å². The molecule has 0 spiro atoms. The van der Waals surface area contributed by atoms with Crippen LogP contribution in [0.5, 0.6) is 5.75 Å². The van der Waals surface area contributed by atoms with E-state index in [9.17, 15) is 14.0 Å². The van der Waals surface area contributed by atoms with Crippen molar-refractivity contribution in [3.05, 3.63) is 101 Å². The molecule has 0 radical (unpaired) electrons. The Labute approximate surface area is 186 Å². The van der Waals surface area contributed by atoms with Gasteiger partial charge in [0.15, 0.2) is 0 Å². The number of benzene rings is 3. The number of imide groups is 1. The molecular formula is C26H23FN2O3. The van der Waals surface area contributed by atoms with Crippen LogP contribution in [0.4, 0.5) is 10.1 Å². The molecule has 2 amide bonds. The van der Waals surface area contributed by atoms with Crippen LogP contribution in [0.15, 0.2) is 78.5 Å². The highest BCUT2D eigenvalue weighted by atomic mass is 19.1. The summed E-state index contributed by atoms with van der Waals surface area (Å²) >= 11 is 0. The zero-order chi connectivity index (χ0) is 22.7. The summed E-state index contributed by atoms with van der Waals surface area (Å²) < 4.78 is 18.4. The van der Waals surface area contributed by atoms with Crippen molar-refractivity contribution in [2.45, 2.75) is 13.3 Å². The molecule has 0 bridgehead atoms. The molecule has 1 aliphatic heterocycles. The van der Waals surface area contributed by atoms with E-state index < -0.39 is 0 Å². The number of carbonyl (C=O) groups excluding carboxylic acids is 2. The van der Waals surface area contributed by atoms with E-state index in [1.807, 2.05) is 31.2 Å². The number of carbonyl (C=O) groups is 2. The van der Waals surface area contributed by atoms with Crippen LogP contribution in [0.2, 0.25) is 0 Å². The Morgan fingerprint density at radius 2 is 1.53 bits per heavy atom. The maximum absolute atomic E-state index is 13.3. The predicted molar refractivity (Wildman–Crippen MR) is 122 cm³/mol. The Balaban J connectivity index is 1.64. The van der Waals surface area contributed by atoms with Gasteiger partial charge in [-0.25, -0.2) is 4.39 Å². The van der Waals surface area contributed by atoms with Crippen molar-refractivity contribution < 1.29 is 18.7 Å². The fourth-order valence-electron chi connectivity index (χ4n) is 3.59. The molecule has 1 N–H and O–H groups in total. The first-order valence-electron chi connectivity index (χ1n) is 10.3. The molecule has 32 heavy (non-hydrogen) atoms. The van der Waals surface area contributed by atoms with Crippen LogP contribution >= 0.6 is 0 Å². The van der Waals surface area contributed by atoms with Crippen molar-refractivity contribution in [2.75, 3.05) is 19.0 Å². The van der Waals surface area contributed by atoms with Gasteiger partial charge < -0.3 is 10.1 Å². The highest BCUT2D eigenvalue weighted by Gasteiger charge is 2.38. The number of methoxy groups -OCH3 is 1. The number of aryl methyl sites for hydroxylation is 1. The minimum absolute atomic E-state index is 0.201. The largest absolute Gasteiger partial charge is 0.497 e. The highest BCUT2D eigenvalue weighted by Crippen LogP contribution is 2.31. The Morgan fingerprint density at radius 1 is 0.875 bits per heavy atom. The Bertz CT molecular complexity index is 1170. The van der Waals surface area contributed by atoms with Gasteiger partial charge >= 0.3 is 0 Å². The molecule has 0 unspecified atom stereocenters. The first kappa shape index (κ1) is 21.3. The molecule has 4 rings (SSSR count). The van der Waals surface area contributed by atoms with Crippen molar-refractivity contribution in [2.24, 2.45) is 0 Å². The fraction of sp³-hybridized carbons (Fsp3) is 0.154. The molecule has 3 aromatic carbocycles. The zero-order valence-electron chi connectivity index (χ0n) is 17.9. The summed E-state index contributed by atoms with van der Waals surface area (Å²) in [5, 5.41) is 3.13. The van der Waals surface area contributed by atoms with Crippen molar-refractivity contribution >= 4 is 23.1 Å². The molecule has 0 saturated carbocycles. The Kier molecular flexibility index (Phi) is 6.03. The minimum Gasteiger partial charge on any atom is -0.497 e. The van der Waals surface area contributed by atoms with E-state index in [-0.39, 0.29) is 29.9 Å². The fourth-order valence-corrected chi connectivity index (χ4v) is 3.59. The van der Waals surface area contributed by atoms with E-state index in [0.717, 1.165) is 11.1 Å². The number of nitrogens with zero attached hydrogens (tertiary/aromatic N) is 1. The van der Waals surface area contributed by atoms with Gasteiger partial charge in [0.25, 0.3) is 11.8 Å². The summed E-state index contributed by atoms with van der Waals surface area (Å²) in [6.45, 7) is 2.16. The quantitative estimate of drug-likeness (QED) is 0.558. The molecule has 0 aromatic heterocycles. The van der Waals surface area contributed by atoms with Crippen LogP contribution in [0.3, 0.4) is 0 Å². The highest BCUT2D eigenvalue weighted by molar-refractivity contribution is 6.36. The van der Waals surface area contributed by atoms with Crippen LogP contribution < -0.4 is 10.1 Å². The topological polar surface area (TPSA) is 58.6 Å². The van der Waals surface area contributed by atoms with E-state index in [1.165, 1.54) is 17.0 Å². The van der Waals surface area contributed by atoms with Gasteiger partial charge in [0, 0.05) is 12.2 Å². The normalized spacial score (nSPS) is 13.7. The monoisotopic (exact) mass is 430 g/mol. The van der Waals surface area contributed by atoms with Gasteiger partial charge in [-0.3, -0.25) is 14.5 Å². The molecule has 0 aliphatic carbocycles. The average molecular weight is 430 g/mol. The molecule has 162 valence electrons. The van der Waals surface area contributed by atoms with Crippen molar-refractivity contribution in [3.63, 3.8) is 0 Å². The molecule has 1 heterocycles. The van der Waals surface area contributed by atoms with E-state index in [0.29, 0.717) is 29.0 Å². The molecular weight excluding hydrogens is 407 g/mol. The smallest absolute Gasteiger partial charge is 0.278 e. The standard InChI is InChI=1S/C26H23FN2O3/c1-17-3-7-19(8-4-17)23-24(28-21-11-13-22(32-2)14-12-21)26(31)29(25(23)30)16-15-18-5-9-20(27)10-6-18/h3-14,28H,15-16H2,1-2H3. The van der Waals surface area contributed by atoms with Gasteiger partial charge in [0.05, 0.1) is 12.7 Å². The van der Waals surface area contributed by atoms with Crippen molar-refractivity contribution in [1.82, 2.24) is 4.90 Å². The Morgan fingerprint density at radius 3 is 2.16 bits per heavy atom. The van der Waals surface area contributed by atoms with Crippen molar-refractivity contribution in [1.29, 1.82) is 0 Å². The van der Waals surface area contributed by atoms with Gasteiger partial charge in [-0.05, 0) is 60.9 Å². The van der Waals surface area contributed by atoms with Gasteiger partial charge in [-0.15, -0.1) is 0 Å². The number of halogens is 1. The maximum Gasteiger partial charge on any atom is 0.278 e. The number of anilines is 1. The second kappa shape index (κ2) is 9.06. The van der Waals surface area contributed by atoms with Crippen LogP contribution in [0.1, 0.15) is 16.7 Å². The number of hydrogen-bond acceptors (Lipinski definition) is 4. The molecule has 1 aliphatic rings. The summed E-state index contributed by atoms with van der Waals surface area (Å²) in [6, 6.07) is 20.7. The second-order valence-corrected chi connectivity index (χ2v) is 7.61. The van der Waals surface area contributed by atoms with Crippen LogP contribution in [-0.2, 0) is 16.0 Å². The van der Waals surface area contributed by atoms with E-state index in [1.54, 1.807) is 43.5 Å². The lowest BCUT2D eigenvalue weighted by atomic mass is 10.0. The van der Waals surface area contributed by atoms with E-state index in [2.05, 4.69) is 5.32 Å².